The highest BCUT2D eigenvalue weighted by Crippen LogP contribution is 2.37. The van der Waals surface area contributed by atoms with Crippen LogP contribution in [0.25, 0.3) is 0 Å². The fraction of sp³-hybridized carbons (Fsp3) is 0.625. The maximum Gasteiger partial charge on any atom is 0.494 e. The lowest BCUT2D eigenvalue weighted by atomic mass is 9.79. The summed E-state index contributed by atoms with van der Waals surface area (Å²) in [4.78, 5) is 0. The standard InChI is InChI=1S/C16H25BO4/c1-7-10-19-14-11-12(8-9-13(14)18-6)17-20-15(2,3)16(4,5)21-17/h8-9,11H,7,10H2,1-6H3. The Morgan fingerprint density at radius 2 is 1.67 bits per heavy atom. The first-order valence-corrected chi connectivity index (χ1v) is 7.47. The zero-order valence-electron chi connectivity index (χ0n) is 13.9. The van der Waals surface area contributed by atoms with Gasteiger partial charge in [0.05, 0.1) is 24.9 Å². The summed E-state index contributed by atoms with van der Waals surface area (Å²) in [5.41, 5.74) is 0.255. The highest BCUT2D eigenvalue weighted by Gasteiger charge is 2.51. The summed E-state index contributed by atoms with van der Waals surface area (Å²) >= 11 is 0. The van der Waals surface area contributed by atoms with Gasteiger partial charge in [-0.15, -0.1) is 0 Å². The summed E-state index contributed by atoms with van der Waals surface area (Å²) in [5, 5.41) is 0. The van der Waals surface area contributed by atoms with Crippen LogP contribution in [0.4, 0.5) is 0 Å². The van der Waals surface area contributed by atoms with Crippen molar-refractivity contribution in [2.75, 3.05) is 13.7 Å². The largest absolute Gasteiger partial charge is 0.494 e. The number of ether oxygens (including phenoxy) is 2. The van der Waals surface area contributed by atoms with Crippen LogP contribution in [-0.2, 0) is 9.31 Å². The Morgan fingerprint density at radius 1 is 1.05 bits per heavy atom. The SMILES string of the molecule is CCCOc1cc(B2OC(C)(C)C(C)(C)O2)ccc1OC. The summed E-state index contributed by atoms with van der Waals surface area (Å²) in [6, 6.07) is 5.79. The van der Waals surface area contributed by atoms with Crippen LogP contribution in [0.3, 0.4) is 0 Å². The minimum absolute atomic E-state index is 0.345. The smallest absolute Gasteiger partial charge is 0.493 e. The van der Waals surface area contributed by atoms with Crippen molar-refractivity contribution in [2.24, 2.45) is 0 Å². The van der Waals surface area contributed by atoms with E-state index in [9.17, 15) is 0 Å². The Hall–Kier alpha value is -1.20. The first kappa shape index (κ1) is 16.2. The van der Waals surface area contributed by atoms with Crippen molar-refractivity contribution in [3.63, 3.8) is 0 Å². The molecule has 0 radical (unpaired) electrons. The number of rotatable bonds is 5. The van der Waals surface area contributed by atoms with Crippen molar-refractivity contribution < 1.29 is 18.8 Å². The van der Waals surface area contributed by atoms with Gasteiger partial charge < -0.3 is 18.8 Å². The summed E-state index contributed by atoms with van der Waals surface area (Å²) < 4.78 is 23.2. The Labute approximate surface area is 127 Å². The number of hydrogen-bond donors (Lipinski definition) is 0. The molecule has 1 aliphatic rings. The van der Waals surface area contributed by atoms with Gasteiger partial charge in [0.2, 0.25) is 0 Å². The molecule has 0 amide bonds. The Bertz CT molecular complexity index is 483. The zero-order chi connectivity index (χ0) is 15.7. The lowest BCUT2D eigenvalue weighted by Crippen LogP contribution is -2.41. The molecule has 1 aromatic carbocycles. The lowest BCUT2D eigenvalue weighted by Gasteiger charge is -2.32. The zero-order valence-corrected chi connectivity index (χ0v) is 13.9. The average Bonchev–Trinajstić information content (AvgIpc) is 2.65. The van der Waals surface area contributed by atoms with E-state index in [-0.39, 0.29) is 18.3 Å². The highest BCUT2D eigenvalue weighted by molar-refractivity contribution is 6.62. The van der Waals surface area contributed by atoms with Gasteiger partial charge in [0.1, 0.15) is 0 Å². The van der Waals surface area contributed by atoms with Gasteiger partial charge in [-0.1, -0.05) is 13.0 Å². The molecular formula is C16H25BO4. The van der Waals surface area contributed by atoms with Crippen LogP contribution >= 0.6 is 0 Å². The predicted molar refractivity (Wildman–Crippen MR) is 84.5 cm³/mol. The molecule has 21 heavy (non-hydrogen) atoms. The topological polar surface area (TPSA) is 36.9 Å². The van der Waals surface area contributed by atoms with Crippen LogP contribution in [-0.4, -0.2) is 32.0 Å². The number of methoxy groups -OCH3 is 1. The molecule has 1 heterocycles. The van der Waals surface area contributed by atoms with E-state index in [1.165, 1.54) is 0 Å². The molecule has 0 unspecified atom stereocenters. The summed E-state index contributed by atoms with van der Waals surface area (Å²) in [7, 11) is 1.26. The third-order valence-electron chi connectivity index (χ3n) is 4.17. The van der Waals surface area contributed by atoms with Gasteiger partial charge in [0.25, 0.3) is 0 Å². The van der Waals surface area contributed by atoms with Crippen LogP contribution in [0.2, 0.25) is 0 Å². The fourth-order valence-electron chi connectivity index (χ4n) is 2.14. The normalized spacial score (nSPS) is 19.6. The van der Waals surface area contributed by atoms with E-state index < -0.39 is 0 Å². The summed E-state index contributed by atoms with van der Waals surface area (Å²) in [6.45, 7) is 10.9. The van der Waals surface area contributed by atoms with Gasteiger partial charge in [-0.3, -0.25) is 0 Å². The molecular weight excluding hydrogens is 267 g/mol. The molecule has 0 saturated carbocycles. The summed E-state index contributed by atoms with van der Waals surface area (Å²) in [6.07, 6.45) is 0.948. The molecule has 1 saturated heterocycles. The molecule has 0 atom stereocenters. The molecule has 1 aromatic rings. The lowest BCUT2D eigenvalue weighted by molar-refractivity contribution is 0.00578. The molecule has 0 aromatic heterocycles. The maximum absolute atomic E-state index is 6.06. The third-order valence-corrected chi connectivity index (χ3v) is 4.17. The second-order valence-corrected chi connectivity index (χ2v) is 6.35. The van der Waals surface area contributed by atoms with Crippen molar-refractivity contribution in [1.82, 2.24) is 0 Å². The van der Waals surface area contributed by atoms with Crippen LogP contribution in [0.1, 0.15) is 41.0 Å². The van der Waals surface area contributed by atoms with Gasteiger partial charge in [-0.05, 0) is 51.7 Å². The first-order valence-electron chi connectivity index (χ1n) is 7.47. The monoisotopic (exact) mass is 292 g/mol. The van der Waals surface area contributed by atoms with E-state index in [1.807, 2.05) is 45.9 Å². The Morgan fingerprint density at radius 3 is 2.19 bits per heavy atom. The quantitative estimate of drug-likeness (QED) is 0.782. The van der Waals surface area contributed by atoms with Crippen molar-refractivity contribution in [1.29, 1.82) is 0 Å². The van der Waals surface area contributed by atoms with Crippen LogP contribution in [0.15, 0.2) is 18.2 Å². The van der Waals surface area contributed by atoms with E-state index in [0.717, 1.165) is 23.4 Å². The van der Waals surface area contributed by atoms with E-state index in [4.69, 9.17) is 18.8 Å². The first-order chi connectivity index (χ1) is 9.80. The molecule has 0 bridgehead atoms. The van der Waals surface area contributed by atoms with E-state index in [1.54, 1.807) is 7.11 Å². The molecule has 0 spiro atoms. The Balaban J connectivity index is 2.25. The molecule has 1 aliphatic heterocycles. The van der Waals surface area contributed by atoms with Crippen molar-refractivity contribution >= 4 is 12.6 Å². The highest BCUT2D eigenvalue weighted by atomic mass is 16.7. The third kappa shape index (κ3) is 3.19. The maximum atomic E-state index is 6.06. The van der Waals surface area contributed by atoms with Crippen molar-refractivity contribution in [2.45, 2.75) is 52.2 Å². The fourth-order valence-corrected chi connectivity index (χ4v) is 2.14. The van der Waals surface area contributed by atoms with Gasteiger partial charge in [0, 0.05) is 0 Å². The molecule has 1 fully saturated rings. The number of hydrogen-bond acceptors (Lipinski definition) is 4. The number of benzene rings is 1. The average molecular weight is 292 g/mol. The van der Waals surface area contributed by atoms with Gasteiger partial charge in [0.15, 0.2) is 11.5 Å². The van der Waals surface area contributed by atoms with Crippen molar-refractivity contribution in [3.05, 3.63) is 18.2 Å². The Kier molecular flexibility index (Phi) is 4.54. The predicted octanol–water partition coefficient (Wildman–Crippen LogP) is 2.78. The van der Waals surface area contributed by atoms with Gasteiger partial charge in [-0.25, -0.2) is 0 Å². The van der Waals surface area contributed by atoms with Gasteiger partial charge >= 0.3 is 7.12 Å². The van der Waals surface area contributed by atoms with E-state index >= 15 is 0 Å². The second-order valence-electron chi connectivity index (χ2n) is 6.35. The molecule has 4 nitrogen and oxygen atoms in total. The van der Waals surface area contributed by atoms with Gasteiger partial charge in [-0.2, -0.15) is 0 Å². The minimum Gasteiger partial charge on any atom is -0.493 e. The second kappa shape index (κ2) is 5.89. The molecule has 0 N–H and O–H groups in total. The summed E-state index contributed by atoms with van der Waals surface area (Å²) in [5.74, 6) is 1.45. The molecule has 5 heteroatoms. The van der Waals surface area contributed by atoms with Crippen LogP contribution in [0.5, 0.6) is 11.5 Å². The minimum atomic E-state index is -0.384. The molecule has 116 valence electrons. The van der Waals surface area contributed by atoms with Crippen LogP contribution < -0.4 is 14.9 Å². The molecule has 2 rings (SSSR count). The van der Waals surface area contributed by atoms with Crippen molar-refractivity contribution in [3.8, 4) is 11.5 Å². The van der Waals surface area contributed by atoms with E-state index in [0.29, 0.717) is 6.61 Å². The van der Waals surface area contributed by atoms with Crippen LogP contribution in [0, 0.1) is 0 Å². The van der Waals surface area contributed by atoms with E-state index in [2.05, 4.69) is 6.92 Å². The molecule has 0 aliphatic carbocycles.